The van der Waals surface area contributed by atoms with E-state index in [1.165, 1.54) is 12.4 Å². The van der Waals surface area contributed by atoms with E-state index in [1.807, 2.05) is 4.90 Å². The molecule has 3 rings (SSSR count). The van der Waals surface area contributed by atoms with Gasteiger partial charge in [0.2, 0.25) is 11.9 Å². The third-order valence-corrected chi connectivity index (χ3v) is 4.15. The highest BCUT2D eigenvalue weighted by Crippen LogP contribution is 2.10. The number of aromatic nitrogens is 3. The van der Waals surface area contributed by atoms with Crippen molar-refractivity contribution in [1.82, 2.24) is 25.2 Å². The molecular formula is C17H20N6O3. The Morgan fingerprint density at radius 2 is 1.73 bits per heavy atom. The van der Waals surface area contributed by atoms with E-state index in [9.17, 15) is 14.7 Å². The van der Waals surface area contributed by atoms with E-state index in [-0.39, 0.29) is 5.91 Å². The summed E-state index contributed by atoms with van der Waals surface area (Å²) >= 11 is 0. The van der Waals surface area contributed by atoms with Gasteiger partial charge in [-0.15, -0.1) is 0 Å². The number of carbonyl (C=O) groups excluding carboxylic acids is 2. The molecule has 1 aliphatic rings. The van der Waals surface area contributed by atoms with Crippen LogP contribution in [-0.2, 0) is 4.79 Å². The molecule has 2 aromatic heterocycles. The van der Waals surface area contributed by atoms with Gasteiger partial charge in [0.1, 0.15) is 6.04 Å². The van der Waals surface area contributed by atoms with E-state index in [2.05, 4.69) is 20.3 Å². The van der Waals surface area contributed by atoms with Crippen LogP contribution in [0.5, 0.6) is 0 Å². The molecule has 2 aromatic rings. The third kappa shape index (κ3) is 4.12. The zero-order valence-electron chi connectivity index (χ0n) is 14.2. The van der Waals surface area contributed by atoms with Crippen molar-refractivity contribution in [2.45, 2.75) is 6.04 Å². The van der Waals surface area contributed by atoms with E-state index >= 15 is 0 Å². The van der Waals surface area contributed by atoms with Crippen LogP contribution in [0.25, 0.3) is 0 Å². The van der Waals surface area contributed by atoms with Crippen molar-refractivity contribution < 1.29 is 14.7 Å². The molecule has 2 N–H and O–H groups in total. The van der Waals surface area contributed by atoms with Crippen LogP contribution in [-0.4, -0.2) is 75.6 Å². The average Bonchev–Trinajstić information content (AvgIpc) is 2.72. The summed E-state index contributed by atoms with van der Waals surface area (Å²) in [5.74, 6) is -0.0936. The maximum atomic E-state index is 12.6. The molecule has 136 valence electrons. The highest BCUT2D eigenvalue weighted by Gasteiger charge is 2.29. The van der Waals surface area contributed by atoms with Gasteiger partial charge in [-0.05, 0) is 18.2 Å². The maximum absolute atomic E-state index is 12.6. The van der Waals surface area contributed by atoms with E-state index in [4.69, 9.17) is 0 Å². The van der Waals surface area contributed by atoms with Crippen molar-refractivity contribution in [3.63, 3.8) is 0 Å². The summed E-state index contributed by atoms with van der Waals surface area (Å²) in [4.78, 5) is 40.7. The minimum absolute atomic E-state index is 0.302. The zero-order chi connectivity index (χ0) is 18.4. The highest BCUT2D eigenvalue weighted by atomic mass is 16.3. The van der Waals surface area contributed by atoms with Crippen LogP contribution < -0.4 is 10.2 Å². The molecule has 9 heteroatoms. The molecule has 1 saturated heterocycles. The van der Waals surface area contributed by atoms with Gasteiger partial charge in [0.25, 0.3) is 5.91 Å². The summed E-state index contributed by atoms with van der Waals surface area (Å²) in [5.41, 5.74) is 0.386. The van der Waals surface area contributed by atoms with E-state index in [1.54, 1.807) is 35.5 Å². The van der Waals surface area contributed by atoms with E-state index in [0.717, 1.165) is 0 Å². The Morgan fingerprint density at radius 3 is 2.35 bits per heavy atom. The summed E-state index contributed by atoms with van der Waals surface area (Å²) < 4.78 is 0. The molecule has 0 aromatic carbocycles. The second-order valence-corrected chi connectivity index (χ2v) is 5.81. The fraction of sp³-hybridized carbons (Fsp3) is 0.353. The number of carbonyl (C=O) groups is 2. The smallest absolute Gasteiger partial charge is 0.252 e. The summed E-state index contributed by atoms with van der Waals surface area (Å²) in [6, 6.07) is 3.87. The first kappa shape index (κ1) is 17.7. The van der Waals surface area contributed by atoms with Crippen LogP contribution in [0.2, 0.25) is 0 Å². The predicted molar refractivity (Wildman–Crippen MR) is 93.4 cm³/mol. The van der Waals surface area contributed by atoms with Gasteiger partial charge in [0, 0.05) is 56.5 Å². The van der Waals surface area contributed by atoms with Crippen molar-refractivity contribution in [2.24, 2.45) is 0 Å². The number of pyridine rings is 1. The molecule has 9 nitrogen and oxygen atoms in total. The first-order valence-corrected chi connectivity index (χ1v) is 8.31. The summed E-state index contributed by atoms with van der Waals surface area (Å²) in [7, 11) is 0. The Kier molecular flexibility index (Phi) is 5.69. The monoisotopic (exact) mass is 356 g/mol. The van der Waals surface area contributed by atoms with Crippen LogP contribution >= 0.6 is 0 Å². The summed E-state index contributed by atoms with van der Waals surface area (Å²) in [6.07, 6.45) is 6.34. The number of amides is 2. The highest BCUT2D eigenvalue weighted by molar-refractivity contribution is 5.97. The number of rotatable bonds is 5. The summed E-state index contributed by atoms with van der Waals surface area (Å²) in [6.45, 7) is 1.66. The minimum Gasteiger partial charge on any atom is -0.394 e. The van der Waals surface area contributed by atoms with Crippen molar-refractivity contribution >= 4 is 17.8 Å². The first-order chi connectivity index (χ1) is 12.7. The standard InChI is InChI=1S/C17H20N6O3/c24-12-14(21-15(25)13-2-6-18-7-3-13)16(26)22-8-10-23(11-9-22)17-19-4-1-5-20-17/h1-7,14,24H,8-12H2,(H,21,25)/t14-/m0/s1. The fourth-order valence-electron chi connectivity index (χ4n) is 2.73. The Hall–Kier alpha value is -3.07. The third-order valence-electron chi connectivity index (χ3n) is 4.15. The second-order valence-electron chi connectivity index (χ2n) is 5.81. The van der Waals surface area contributed by atoms with Crippen LogP contribution in [0.3, 0.4) is 0 Å². The number of hydrogen-bond donors (Lipinski definition) is 2. The van der Waals surface area contributed by atoms with Crippen LogP contribution in [0.1, 0.15) is 10.4 Å². The molecule has 0 saturated carbocycles. The van der Waals surface area contributed by atoms with Crippen molar-refractivity contribution in [3.8, 4) is 0 Å². The van der Waals surface area contributed by atoms with Gasteiger partial charge in [-0.1, -0.05) is 0 Å². The fourth-order valence-corrected chi connectivity index (χ4v) is 2.73. The molecule has 26 heavy (non-hydrogen) atoms. The lowest BCUT2D eigenvalue weighted by Crippen LogP contribution is -2.56. The molecule has 0 spiro atoms. The van der Waals surface area contributed by atoms with Gasteiger partial charge in [-0.25, -0.2) is 9.97 Å². The Labute approximate surface area is 150 Å². The Balaban J connectivity index is 1.57. The van der Waals surface area contributed by atoms with Gasteiger partial charge in [-0.3, -0.25) is 14.6 Å². The van der Waals surface area contributed by atoms with Gasteiger partial charge >= 0.3 is 0 Å². The maximum Gasteiger partial charge on any atom is 0.252 e. The molecule has 1 fully saturated rings. The molecule has 0 bridgehead atoms. The normalized spacial score (nSPS) is 15.4. The number of nitrogens with zero attached hydrogens (tertiary/aromatic N) is 5. The molecule has 3 heterocycles. The molecule has 0 unspecified atom stereocenters. The first-order valence-electron chi connectivity index (χ1n) is 8.31. The van der Waals surface area contributed by atoms with Gasteiger partial charge in [-0.2, -0.15) is 0 Å². The molecule has 1 aliphatic heterocycles. The molecule has 0 radical (unpaired) electrons. The number of anilines is 1. The number of aliphatic hydroxyl groups is 1. The van der Waals surface area contributed by atoms with E-state index < -0.39 is 18.6 Å². The van der Waals surface area contributed by atoms with Crippen molar-refractivity contribution in [1.29, 1.82) is 0 Å². The SMILES string of the molecule is O=C(N[C@@H](CO)C(=O)N1CCN(c2ncccn2)CC1)c1ccncc1. The van der Waals surface area contributed by atoms with Crippen LogP contribution in [0.15, 0.2) is 43.0 Å². The lowest BCUT2D eigenvalue weighted by molar-refractivity contribution is -0.134. The zero-order valence-corrected chi connectivity index (χ0v) is 14.2. The predicted octanol–water partition coefficient (Wildman–Crippen LogP) is -0.689. The topological polar surface area (TPSA) is 112 Å². The van der Waals surface area contributed by atoms with E-state index in [0.29, 0.717) is 37.7 Å². The second kappa shape index (κ2) is 8.34. The molecule has 2 amide bonds. The van der Waals surface area contributed by atoms with Gasteiger partial charge in [0.15, 0.2) is 0 Å². The number of aliphatic hydroxyl groups excluding tert-OH is 1. The van der Waals surface area contributed by atoms with Crippen LogP contribution in [0.4, 0.5) is 5.95 Å². The minimum atomic E-state index is -0.977. The average molecular weight is 356 g/mol. The Bertz CT molecular complexity index is 735. The lowest BCUT2D eigenvalue weighted by atomic mass is 10.2. The molecule has 1 atom stereocenters. The number of nitrogens with one attached hydrogen (secondary N) is 1. The molecular weight excluding hydrogens is 336 g/mol. The van der Waals surface area contributed by atoms with Crippen molar-refractivity contribution in [3.05, 3.63) is 48.5 Å². The van der Waals surface area contributed by atoms with Gasteiger partial charge in [0.05, 0.1) is 6.61 Å². The van der Waals surface area contributed by atoms with Crippen molar-refractivity contribution in [2.75, 3.05) is 37.7 Å². The number of piperazine rings is 1. The lowest BCUT2D eigenvalue weighted by Gasteiger charge is -2.36. The Morgan fingerprint density at radius 1 is 1.08 bits per heavy atom. The molecule has 0 aliphatic carbocycles. The largest absolute Gasteiger partial charge is 0.394 e. The number of hydrogen-bond acceptors (Lipinski definition) is 7. The van der Waals surface area contributed by atoms with Crippen LogP contribution in [0, 0.1) is 0 Å². The van der Waals surface area contributed by atoms with Gasteiger partial charge < -0.3 is 20.2 Å². The summed E-state index contributed by atoms with van der Waals surface area (Å²) in [5, 5.41) is 12.1. The quantitative estimate of drug-likeness (QED) is 0.729.